The number of aliphatic hydroxyl groups excluding tert-OH is 1. The Kier molecular flexibility index (Phi) is 5.45. The van der Waals surface area contributed by atoms with Crippen molar-refractivity contribution in [1.29, 1.82) is 0 Å². The van der Waals surface area contributed by atoms with Gasteiger partial charge in [0.1, 0.15) is 0 Å². The van der Waals surface area contributed by atoms with Gasteiger partial charge in [0, 0.05) is 18.6 Å². The maximum absolute atomic E-state index is 9.00. The Morgan fingerprint density at radius 1 is 1.36 bits per heavy atom. The molecule has 0 aromatic heterocycles. The van der Waals surface area contributed by atoms with E-state index in [9.17, 15) is 0 Å². The zero-order chi connectivity index (χ0) is 10.4. The number of nitrogens with zero attached hydrogens (tertiary/aromatic N) is 1. The van der Waals surface area contributed by atoms with Crippen LogP contribution in [0, 0.1) is 0 Å². The molecule has 0 aromatic rings. The molecule has 0 spiro atoms. The van der Waals surface area contributed by atoms with E-state index in [1.165, 1.54) is 25.7 Å². The van der Waals surface area contributed by atoms with Crippen molar-refractivity contribution in [3.63, 3.8) is 0 Å². The van der Waals surface area contributed by atoms with E-state index < -0.39 is 0 Å². The molecule has 3 N–H and O–H groups in total. The monoisotopic (exact) mass is 200 g/mol. The lowest BCUT2D eigenvalue weighted by Gasteiger charge is -2.30. The Hall–Kier alpha value is -0.120. The fourth-order valence-corrected chi connectivity index (χ4v) is 2.36. The number of nitrogens with two attached hydrogens (primary N) is 1. The Labute approximate surface area is 87.3 Å². The van der Waals surface area contributed by atoms with Crippen molar-refractivity contribution in [3.05, 3.63) is 0 Å². The number of unbranched alkanes of at least 4 members (excludes halogenated alkanes) is 1. The average molecular weight is 200 g/mol. The predicted molar refractivity (Wildman–Crippen MR) is 59.2 cm³/mol. The summed E-state index contributed by atoms with van der Waals surface area (Å²) in [5, 5.41) is 9.00. The van der Waals surface area contributed by atoms with Gasteiger partial charge in [-0.05, 0) is 25.8 Å². The zero-order valence-corrected chi connectivity index (χ0v) is 9.28. The van der Waals surface area contributed by atoms with E-state index in [-0.39, 0.29) is 6.61 Å². The molecule has 1 saturated carbocycles. The second kappa shape index (κ2) is 6.38. The number of aliphatic hydroxyl groups is 1. The molecule has 1 fully saturated rings. The van der Waals surface area contributed by atoms with Crippen LogP contribution in [0.15, 0.2) is 0 Å². The zero-order valence-electron chi connectivity index (χ0n) is 9.28. The molecule has 2 unspecified atom stereocenters. The first-order valence-electron chi connectivity index (χ1n) is 5.90. The molecule has 0 saturated heterocycles. The molecule has 1 aliphatic carbocycles. The summed E-state index contributed by atoms with van der Waals surface area (Å²) in [6.45, 7) is 4.34. The molecular formula is C11H24N2O. The van der Waals surface area contributed by atoms with Crippen LogP contribution in [-0.4, -0.2) is 41.8 Å². The molecule has 1 rings (SSSR count). The highest BCUT2D eigenvalue weighted by Gasteiger charge is 2.28. The molecule has 0 heterocycles. The Bertz CT molecular complexity index is 152. The van der Waals surface area contributed by atoms with E-state index in [1.54, 1.807) is 0 Å². The highest BCUT2D eigenvalue weighted by molar-refractivity contribution is 4.87. The highest BCUT2D eigenvalue weighted by atomic mass is 16.3. The Morgan fingerprint density at radius 3 is 2.64 bits per heavy atom. The first-order chi connectivity index (χ1) is 6.79. The quantitative estimate of drug-likeness (QED) is 0.671. The molecule has 1 aliphatic rings. The lowest BCUT2D eigenvalue weighted by Crippen LogP contribution is -2.46. The summed E-state index contributed by atoms with van der Waals surface area (Å²) in [5.41, 5.74) is 6.06. The van der Waals surface area contributed by atoms with Crippen LogP contribution in [0.25, 0.3) is 0 Å². The van der Waals surface area contributed by atoms with Crippen molar-refractivity contribution >= 4 is 0 Å². The standard InChI is InChI=1S/C11H24N2O/c1-2-3-7-13(8-9-14)11-6-4-5-10(11)12/h10-11,14H,2-9,12H2,1H3. The third-order valence-electron chi connectivity index (χ3n) is 3.19. The second-order valence-corrected chi connectivity index (χ2v) is 4.28. The third-order valence-corrected chi connectivity index (χ3v) is 3.19. The minimum Gasteiger partial charge on any atom is -0.395 e. The van der Waals surface area contributed by atoms with Crippen molar-refractivity contribution in [2.45, 2.75) is 51.1 Å². The van der Waals surface area contributed by atoms with E-state index in [0.29, 0.717) is 12.1 Å². The molecule has 3 nitrogen and oxygen atoms in total. The summed E-state index contributed by atoms with van der Waals surface area (Å²) >= 11 is 0. The summed E-state index contributed by atoms with van der Waals surface area (Å²) in [6, 6.07) is 0.854. The molecule has 84 valence electrons. The van der Waals surface area contributed by atoms with Crippen LogP contribution in [0.5, 0.6) is 0 Å². The van der Waals surface area contributed by atoms with E-state index in [2.05, 4.69) is 11.8 Å². The van der Waals surface area contributed by atoms with E-state index >= 15 is 0 Å². The summed E-state index contributed by atoms with van der Waals surface area (Å²) in [4.78, 5) is 2.38. The van der Waals surface area contributed by atoms with Crippen molar-refractivity contribution in [3.8, 4) is 0 Å². The summed E-state index contributed by atoms with van der Waals surface area (Å²) < 4.78 is 0. The predicted octanol–water partition coefficient (Wildman–Crippen LogP) is 0.961. The molecule has 3 heteroatoms. The van der Waals surface area contributed by atoms with E-state index in [4.69, 9.17) is 10.8 Å². The topological polar surface area (TPSA) is 49.5 Å². The first-order valence-corrected chi connectivity index (χ1v) is 5.90. The SMILES string of the molecule is CCCCN(CCO)C1CCCC1N. The Morgan fingerprint density at radius 2 is 2.14 bits per heavy atom. The summed E-state index contributed by atoms with van der Waals surface area (Å²) in [7, 11) is 0. The van der Waals surface area contributed by atoms with Crippen LogP contribution in [0.2, 0.25) is 0 Å². The maximum atomic E-state index is 9.00. The van der Waals surface area contributed by atoms with Gasteiger partial charge < -0.3 is 10.8 Å². The highest BCUT2D eigenvalue weighted by Crippen LogP contribution is 2.22. The number of hydrogen-bond donors (Lipinski definition) is 2. The van der Waals surface area contributed by atoms with Crippen LogP contribution in [0.3, 0.4) is 0 Å². The van der Waals surface area contributed by atoms with Crippen molar-refractivity contribution < 1.29 is 5.11 Å². The van der Waals surface area contributed by atoms with Gasteiger partial charge in [0.2, 0.25) is 0 Å². The summed E-state index contributed by atoms with van der Waals surface area (Å²) in [6.07, 6.45) is 6.04. The average Bonchev–Trinajstić information content (AvgIpc) is 2.59. The van der Waals surface area contributed by atoms with Gasteiger partial charge in [0.25, 0.3) is 0 Å². The largest absolute Gasteiger partial charge is 0.395 e. The Balaban J connectivity index is 2.39. The van der Waals surface area contributed by atoms with Gasteiger partial charge in [-0.25, -0.2) is 0 Å². The van der Waals surface area contributed by atoms with Gasteiger partial charge in [-0.15, -0.1) is 0 Å². The van der Waals surface area contributed by atoms with Crippen molar-refractivity contribution in [2.75, 3.05) is 19.7 Å². The second-order valence-electron chi connectivity index (χ2n) is 4.28. The lowest BCUT2D eigenvalue weighted by molar-refractivity contribution is 0.141. The van der Waals surface area contributed by atoms with E-state index in [0.717, 1.165) is 19.5 Å². The minimum absolute atomic E-state index is 0.257. The third kappa shape index (κ3) is 3.23. The molecular weight excluding hydrogens is 176 g/mol. The van der Waals surface area contributed by atoms with Gasteiger partial charge in [-0.3, -0.25) is 4.90 Å². The molecule has 0 aliphatic heterocycles. The first kappa shape index (κ1) is 12.0. The maximum Gasteiger partial charge on any atom is 0.0558 e. The van der Waals surface area contributed by atoms with Gasteiger partial charge in [-0.2, -0.15) is 0 Å². The normalized spacial score (nSPS) is 27.4. The van der Waals surface area contributed by atoms with Gasteiger partial charge in [0.15, 0.2) is 0 Å². The fourth-order valence-electron chi connectivity index (χ4n) is 2.36. The van der Waals surface area contributed by atoms with Crippen LogP contribution in [0.1, 0.15) is 39.0 Å². The number of rotatable bonds is 6. The van der Waals surface area contributed by atoms with Crippen LogP contribution < -0.4 is 5.73 Å². The van der Waals surface area contributed by atoms with Crippen LogP contribution in [0.4, 0.5) is 0 Å². The van der Waals surface area contributed by atoms with Crippen LogP contribution >= 0.6 is 0 Å². The molecule has 2 atom stereocenters. The van der Waals surface area contributed by atoms with Gasteiger partial charge >= 0.3 is 0 Å². The number of hydrogen-bond acceptors (Lipinski definition) is 3. The van der Waals surface area contributed by atoms with Crippen molar-refractivity contribution in [2.24, 2.45) is 5.73 Å². The molecule has 0 amide bonds. The van der Waals surface area contributed by atoms with E-state index in [1.807, 2.05) is 0 Å². The molecule has 0 radical (unpaired) electrons. The molecule has 14 heavy (non-hydrogen) atoms. The fraction of sp³-hybridized carbons (Fsp3) is 1.00. The van der Waals surface area contributed by atoms with Gasteiger partial charge in [0.05, 0.1) is 6.61 Å². The molecule has 0 bridgehead atoms. The van der Waals surface area contributed by atoms with Gasteiger partial charge in [-0.1, -0.05) is 19.8 Å². The van der Waals surface area contributed by atoms with Crippen LogP contribution in [-0.2, 0) is 0 Å². The lowest BCUT2D eigenvalue weighted by atomic mass is 10.1. The van der Waals surface area contributed by atoms with Crippen molar-refractivity contribution in [1.82, 2.24) is 4.90 Å². The minimum atomic E-state index is 0.257. The smallest absolute Gasteiger partial charge is 0.0558 e. The summed E-state index contributed by atoms with van der Waals surface area (Å²) in [5.74, 6) is 0. The molecule has 0 aromatic carbocycles.